The Hall–Kier alpha value is -1.92. The molecule has 106 valence electrons. The van der Waals surface area contributed by atoms with E-state index in [9.17, 15) is 14.4 Å². The number of carbonyl (C=O) groups is 3. The van der Waals surface area contributed by atoms with Gasteiger partial charge in [-0.2, -0.15) is 5.10 Å². The summed E-state index contributed by atoms with van der Waals surface area (Å²) in [4.78, 5) is 34.4. The number of amides is 2. The highest BCUT2D eigenvalue weighted by Gasteiger charge is 2.25. The second-order valence-corrected chi connectivity index (χ2v) is 5.32. The molecule has 0 saturated carbocycles. The molecule has 7 heteroatoms. The van der Waals surface area contributed by atoms with E-state index in [2.05, 4.69) is 15.8 Å². The van der Waals surface area contributed by atoms with Crippen LogP contribution in [0.25, 0.3) is 0 Å². The summed E-state index contributed by atoms with van der Waals surface area (Å²) in [6.07, 6.45) is 0.478. The first-order valence-electron chi connectivity index (χ1n) is 6.08. The predicted octanol–water partition coefficient (Wildman–Crippen LogP) is 0.0988. The van der Waals surface area contributed by atoms with Crippen molar-refractivity contribution < 1.29 is 19.1 Å². The van der Waals surface area contributed by atoms with E-state index in [1.54, 1.807) is 20.8 Å². The average molecular weight is 269 g/mol. The molecule has 0 aromatic carbocycles. The SMILES string of the molecule is C[C@@H](NC(=O)C1=NNC(=O)CC1)C(=O)OC(C)(C)C. The van der Waals surface area contributed by atoms with Crippen LogP contribution in [0.5, 0.6) is 0 Å². The van der Waals surface area contributed by atoms with E-state index in [0.717, 1.165) is 0 Å². The lowest BCUT2D eigenvalue weighted by Gasteiger charge is -2.23. The number of rotatable bonds is 3. The fourth-order valence-corrected chi connectivity index (χ4v) is 1.37. The van der Waals surface area contributed by atoms with E-state index in [1.165, 1.54) is 6.92 Å². The Balaban J connectivity index is 2.52. The zero-order valence-corrected chi connectivity index (χ0v) is 11.6. The van der Waals surface area contributed by atoms with Crippen molar-refractivity contribution in [3.8, 4) is 0 Å². The molecule has 2 amide bonds. The minimum Gasteiger partial charge on any atom is -0.458 e. The van der Waals surface area contributed by atoms with E-state index in [-0.39, 0.29) is 24.5 Å². The summed E-state index contributed by atoms with van der Waals surface area (Å²) in [6.45, 7) is 6.79. The Bertz CT molecular complexity index is 423. The van der Waals surface area contributed by atoms with Gasteiger partial charge in [-0.1, -0.05) is 0 Å². The fourth-order valence-electron chi connectivity index (χ4n) is 1.37. The molecule has 2 N–H and O–H groups in total. The van der Waals surface area contributed by atoms with Gasteiger partial charge in [-0.05, 0) is 27.7 Å². The Labute approximate surface area is 111 Å². The van der Waals surface area contributed by atoms with E-state index >= 15 is 0 Å². The molecule has 0 fully saturated rings. The molecule has 7 nitrogen and oxygen atoms in total. The molecule has 0 aromatic rings. The minimum absolute atomic E-state index is 0.204. The van der Waals surface area contributed by atoms with Gasteiger partial charge in [0.25, 0.3) is 5.91 Å². The molecule has 0 aliphatic carbocycles. The molecule has 0 spiro atoms. The Morgan fingerprint density at radius 2 is 2.00 bits per heavy atom. The molecule has 1 heterocycles. The number of nitrogens with one attached hydrogen (secondary N) is 2. The number of esters is 1. The molecule has 0 saturated heterocycles. The van der Waals surface area contributed by atoms with Crippen LogP contribution in [0.2, 0.25) is 0 Å². The van der Waals surface area contributed by atoms with Gasteiger partial charge in [0.2, 0.25) is 5.91 Å². The number of carbonyl (C=O) groups excluding carboxylic acids is 3. The first-order valence-corrected chi connectivity index (χ1v) is 6.08. The van der Waals surface area contributed by atoms with E-state index < -0.39 is 23.5 Å². The summed E-state index contributed by atoms with van der Waals surface area (Å²) in [5, 5.41) is 6.14. The summed E-state index contributed by atoms with van der Waals surface area (Å²) in [6, 6.07) is -0.771. The lowest BCUT2D eigenvalue weighted by molar-refractivity contribution is -0.157. The molecule has 1 atom stereocenters. The number of hydrazone groups is 1. The lowest BCUT2D eigenvalue weighted by atomic mass is 10.1. The Kier molecular flexibility index (Phi) is 4.63. The molecule has 19 heavy (non-hydrogen) atoms. The Morgan fingerprint density at radius 3 is 2.47 bits per heavy atom. The third-order valence-corrected chi connectivity index (χ3v) is 2.27. The zero-order chi connectivity index (χ0) is 14.6. The van der Waals surface area contributed by atoms with Crippen LogP contribution >= 0.6 is 0 Å². The number of nitrogens with zero attached hydrogens (tertiary/aromatic N) is 1. The van der Waals surface area contributed by atoms with Crippen LogP contribution in [0.4, 0.5) is 0 Å². The molecule has 0 aromatic heterocycles. The van der Waals surface area contributed by atoms with Gasteiger partial charge < -0.3 is 10.1 Å². The van der Waals surface area contributed by atoms with Gasteiger partial charge in [-0.3, -0.25) is 9.59 Å². The van der Waals surface area contributed by atoms with Crippen molar-refractivity contribution in [3.05, 3.63) is 0 Å². The van der Waals surface area contributed by atoms with Crippen LogP contribution in [-0.4, -0.2) is 35.1 Å². The third-order valence-electron chi connectivity index (χ3n) is 2.27. The molecule has 1 aliphatic heterocycles. The van der Waals surface area contributed by atoms with Gasteiger partial charge in [0.1, 0.15) is 17.4 Å². The molecule has 1 aliphatic rings. The third kappa shape index (κ3) is 5.07. The maximum atomic E-state index is 11.8. The van der Waals surface area contributed by atoms with Gasteiger partial charge in [0.15, 0.2) is 0 Å². The molecular formula is C12H19N3O4. The summed E-state index contributed by atoms with van der Waals surface area (Å²) in [7, 11) is 0. The van der Waals surface area contributed by atoms with Crippen LogP contribution < -0.4 is 10.7 Å². The van der Waals surface area contributed by atoms with Crippen molar-refractivity contribution in [1.82, 2.24) is 10.7 Å². The Morgan fingerprint density at radius 1 is 1.37 bits per heavy atom. The van der Waals surface area contributed by atoms with E-state index in [4.69, 9.17) is 4.74 Å². The van der Waals surface area contributed by atoms with E-state index in [0.29, 0.717) is 0 Å². The molecule has 0 bridgehead atoms. The van der Waals surface area contributed by atoms with Crippen molar-refractivity contribution in [2.75, 3.05) is 0 Å². The molecule has 0 radical (unpaired) electrons. The van der Waals surface area contributed by atoms with Gasteiger partial charge in [0, 0.05) is 12.8 Å². The molecule has 1 rings (SSSR count). The monoisotopic (exact) mass is 269 g/mol. The van der Waals surface area contributed by atoms with Crippen molar-refractivity contribution in [2.45, 2.75) is 52.2 Å². The second kappa shape index (κ2) is 5.81. The average Bonchev–Trinajstić information content (AvgIpc) is 2.27. The maximum absolute atomic E-state index is 11.8. The van der Waals surface area contributed by atoms with Gasteiger partial charge in [-0.15, -0.1) is 0 Å². The normalized spacial score (nSPS) is 17.1. The zero-order valence-electron chi connectivity index (χ0n) is 11.6. The van der Waals surface area contributed by atoms with Crippen LogP contribution in [0, 0.1) is 0 Å². The number of hydrogen-bond acceptors (Lipinski definition) is 5. The first kappa shape index (κ1) is 15.1. The van der Waals surface area contributed by atoms with E-state index in [1.807, 2.05) is 0 Å². The summed E-state index contributed by atoms with van der Waals surface area (Å²) in [5.41, 5.74) is 1.82. The smallest absolute Gasteiger partial charge is 0.328 e. The summed E-state index contributed by atoms with van der Waals surface area (Å²) < 4.78 is 5.14. The van der Waals surface area contributed by atoms with Crippen molar-refractivity contribution in [1.29, 1.82) is 0 Å². The summed E-state index contributed by atoms with van der Waals surface area (Å²) >= 11 is 0. The van der Waals surface area contributed by atoms with Gasteiger partial charge in [0.05, 0.1) is 0 Å². The largest absolute Gasteiger partial charge is 0.458 e. The van der Waals surface area contributed by atoms with Crippen LogP contribution in [0.15, 0.2) is 5.10 Å². The fraction of sp³-hybridized carbons (Fsp3) is 0.667. The topological polar surface area (TPSA) is 96.9 Å². The number of ether oxygens (including phenoxy) is 1. The van der Waals surface area contributed by atoms with Gasteiger partial charge >= 0.3 is 5.97 Å². The van der Waals surface area contributed by atoms with Crippen LogP contribution in [0.3, 0.4) is 0 Å². The molecule has 0 unspecified atom stereocenters. The van der Waals surface area contributed by atoms with Crippen LogP contribution in [0.1, 0.15) is 40.5 Å². The van der Waals surface area contributed by atoms with Gasteiger partial charge in [-0.25, -0.2) is 10.2 Å². The number of hydrogen-bond donors (Lipinski definition) is 2. The standard InChI is InChI=1S/C12H19N3O4/c1-7(11(18)19-12(2,3)4)13-10(17)8-5-6-9(16)15-14-8/h7H,5-6H2,1-4H3,(H,13,17)(H,15,16)/t7-/m1/s1. The minimum atomic E-state index is -0.771. The highest BCUT2D eigenvalue weighted by molar-refractivity contribution is 6.39. The second-order valence-electron chi connectivity index (χ2n) is 5.32. The lowest BCUT2D eigenvalue weighted by Crippen LogP contribution is -2.46. The van der Waals surface area contributed by atoms with Crippen LogP contribution in [-0.2, 0) is 19.1 Å². The maximum Gasteiger partial charge on any atom is 0.328 e. The van der Waals surface area contributed by atoms with Crippen molar-refractivity contribution in [2.24, 2.45) is 5.10 Å². The molecular weight excluding hydrogens is 250 g/mol. The quantitative estimate of drug-likeness (QED) is 0.710. The summed E-state index contributed by atoms with van der Waals surface area (Å²) in [5.74, 6) is -1.21. The first-order chi connectivity index (χ1) is 8.69. The highest BCUT2D eigenvalue weighted by atomic mass is 16.6. The van der Waals surface area contributed by atoms with Crippen molar-refractivity contribution in [3.63, 3.8) is 0 Å². The highest BCUT2D eigenvalue weighted by Crippen LogP contribution is 2.08. The predicted molar refractivity (Wildman–Crippen MR) is 68.3 cm³/mol. The van der Waals surface area contributed by atoms with Crippen molar-refractivity contribution >= 4 is 23.5 Å².